The molecule has 0 unspecified atom stereocenters. The summed E-state index contributed by atoms with van der Waals surface area (Å²) in [6, 6.07) is 6.93. The van der Waals surface area contributed by atoms with E-state index in [1.54, 1.807) is 29.2 Å². The van der Waals surface area contributed by atoms with Gasteiger partial charge in [0.2, 0.25) is 11.8 Å². The highest BCUT2D eigenvalue weighted by atomic mass is 32.2. The van der Waals surface area contributed by atoms with Crippen LogP contribution >= 0.6 is 11.8 Å². The van der Waals surface area contributed by atoms with E-state index in [1.165, 1.54) is 4.90 Å². The van der Waals surface area contributed by atoms with Crippen LogP contribution in [-0.4, -0.2) is 69.7 Å². The first-order valence-corrected chi connectivity index (χ1v) is 10.4. The monoisotopic (exact) mass is 402 g/mol. The highest BCUT2D eigenvalue weighted by Gasteiger charge is 2.35. The third-order valence-corrected chi connectivity index (χ3v) is 6.05. The molecule has 3 aliphatic rings. The zero-order valence-corrected chi connectivity index (χ0v) is 16.2. The van der Waals surface area contributed by atoms with Gasteiger partial charge in [-0.1, -0.05) is 23.9 Å². The molecule has 0 aromatic heterocycles. The average molecular weight is 402 g/mol. The molecule has 0 bridgehead atoms. The second-order valence-corrected chi connectivity index (χ2v) is 8.17. The SMILES string of the molecule is O=C(Nc1ccc(CN2C(=O)CSC2=O)cc1)N1CCN(C(=O)C2CC2)CC1. The smallest absolute Gasteiger partial charge is 0.321 e. The summed E-state index contributed by atoms with van der Waals surface area (Å²) in [5.41, 5.74) is 1.48. The Labute approximate surface area is 167 Å². The van der Waals surface area contributed by atoms with Gasteiger partial charge in [-0.15, -0.1) is 0 Å². The average Bonchev–Trinajstić information content (AvgIpc) is 3.51. The van der Waals surface area contributed by atoms with Crippen molar-refractivity contribution in [2.75, 3.05) is 37.2 Å². The Balaban J connectivity index is 1.27. The predicted octanol–water partition coefficient (Wildman–Crippen LogP) is 1.97. The van der Waals surface area contributed by atoms with Crippen LogP contribution in [0.15, 0.2) is 24.3 Å². The van der Waals surface area contributed by atoms with E-state index in [-0.39, 0.29) is 41.3 Å². The molecule has 2 aliphatic heterocycles. The lowest BCUT2D eigenvalue weighted by Gasteiger charge is -2.34. The topological polar surface area (TPSA) is 90.0 Å². The van der Waals surface area contributed by atoms with Crippen molar-refractivity contribution in [2.45, 2.75) is 19.4 Å². The van der Waals surface area contributed by atoms with Crippen LogP contribution in [0, 0.1) is 5.92 Å². The van der Waals surface area contributed by atoms with Crippen LogP contribution in [0.3, 0.4) is 0 Å². The van der Waals surface area contributed by atoms with Crippen molar-refractivity contribution < 1.29 is 19.2 Å². The van der Waals surface area contributed by atoms with Gasteiger partial charge in [0.05, 0.1) is 12.3 Å². The van der Waals surface area contributed by atoms with Gasteiger partial charge in [0.1, 0.15) is 0 Å². The van der Waals surface area contributed by atoms with Crippen molar-refractivity contribution in [3.05, 3.63) is 29.8 Å². The van der Waals surface area contributed by atoms with Gasteiger partial charge in [0.15, 0.2) is 0 Å². The Morgan fingerprint density at radius 2 is 1.64 bits per heavy atom. The maximum atomic E-state index is 12.5. The Morgan fingerprint density at radius 3 is 2.21 bits per heavy atom. The summed E-state index contributed by atoms with van der Waals surface area (Å²) in [6.07, 6.45) is 1.99. The first-order valence-electron chi connectivity index (χ1n) is 9.42. The fourth-order valence-corrected chi connectivity index (χ4v) is 4.06. The number of carbonyl (C=O) groups excluding carboxylic acids is 4. The van der Waals surface area contributed by atoms with E-state index in [4.69, 9.17) is 0 Å². The lowest BCUT2D eigenvalue weighted by atomic mass is 10.2. The second-order valence-electron chi connectivity index (χ2n) is 7.25. The van der Waals surface area contributed by atoms with Crippen LogP contribution in [0.4, 0.5) is 15.3 Å². The summed E-state index contributed by atoms with van der Waals surface area (Å²) in [4.78, 5) is 52.7. The summed E-state index contributed by atoms with van der Waals surface area (Å²) >= 11 is 1.02. The molecule has 28 heavy (non-hydrogen) atoms. The number of hydrogen-bond acceptors (Lipinski definition) is 5. The van der Waals surface area contributed by atoms with E-state index in [2.05, 4.69) is 5.32 Å². The third kappa shape index (κ3) is 4.14. The zero-order chi connectivity index (χ0) is 19.7. The molecule has 148 valence electrons. The predicted molar refractivity (Wildman–Crippen MR) is 105 cm³/mol. The minimum absolute atomic E-state index is 0.174. The quantitative estimate of drug-likeness (QED) is 0.832. The molecule has 1 aromatic carbocycles. The summed E-state index contributed by atoms with van der Waals surface area (Å²) in [5, 5.41) is 2.64. The molecule has 8 nitrogen and oxygen atoms in total. The molecule has 0 spiro atoms. The van der Waals surface area contributed by atoms with E-state index in [1.807, 2.05) is 4.90 Å². The van der Waals surface area contributed by atoms with Gasteiger partial charge in [-0.25, -0.2) is 4.79 Å². The largest absolute Gasteiger partial charge is 0.339 e. The lowest BCUT2D eigenvalue weighted by Crippen LogP contribution is -2.52. The number of nitrogens with zero attached hydrogens (tertiary/aromatic N) is 3. The molecule has 2 saturated heterocycles. The van der Waals surface area contributed by atoms with E-state index in [0.717, 1.165) is 30.2 Å². The van der Waals surface area contributed by atoms with Crippen molar-refractivity contribution in [2.24, 2.45) is 5.92 Å². The molecule has 5 amide bonds. The maximum absolute atomic E-state index is 12.5. The number of nitrogens with one attached hydrogen (secondary N) is 1. The van der Waals surface area contributed by atoms with Crippen molar-refractivity contribution in [3.8, 4) is 0 Å². The molecule has 0 atom stereocenters. The molecular weight excluding hydrogens is 380 g/mol. The van der Waals surface area contributed by atoms with Crippen LogP contribution < -0.4 is 5.32 Å². The molecule has 1 saturated carbocycles. The van der Waals surface area contributed by atoms with Gasteiger partial charge in [-0.2, -0.15) is 0 Å². The molecule has 9 heteroatoms. The van der Waals surface area contributed by atoms with Crippen molar-refractivity contribution in [1.29, 1.82) is 0 Å². The summed E-state index contributed by atoms with van der Waals surface area (Å²) in [5.74, 6) is 0.464. The first-order chi connectivity index (χ1) is 13.5. The molecule has 2 heterocycles. The number of rotatable bonds is 4. The Bertz CT molecular complexity index is 785. The Hall–Kier alpha value is -2.55. The van der Waals surface area contributed by atoms with Crippen LogP contribution in [0.2, 0.25) is 0 Å². The van der Waals surface area contributed by atoms with E-state index < -0.39 is 0 Å². The first kappa shape index (κ1) is 18.8. The zero-order valence-electron chi connectivity index (χ0n) is 15.4. The minimum Gasteiger partial charge on any atom is -0.339 e. The van der Waals surface area contributed by atoms with Gasteiger partial charge in [0, 0.05) is 37.8 Å². The summed E-state index contributed by atoms with van der Waals surface area (Å²) in [7, 11) is 0. The Kier molecular flexibility index (Phi) is 5.25. The number of carbonyl (C=O) groups is 4. The molecule has 3 fully saturated rings. The van der Waals surface area contributed by atoms with Crippen molar-refractivity contribution in [1.82, 2.24) is 14.7 Å². The normalized spacial score (nSPS) is 19.9. The van der Waals surface area contributed by atoms with Gasteiger partial charge >= 0.3 is 6.03 Å². The van der Waals surface area contributed by atoms with Crippen molar-refractivity contribution >= 4 is 40.5 Å². The van der Waals surface area contributed by atoms with Crippen LogP contribution in [0.25, 0.3) is 0 Å². The summed E-state index contributed by atoms with van der Waals surface area (Å²) in [6.45, 7) is 2.46. The van der Waals surface area contributed by atoms with Gasteiger partial charge < -0.3 is 15.1 Å². The highest BCUT2D eigenvalue weighted by molar-refractivity contribution is 8.14. The summed E-state index contributed by atoms with van der Waals surface area (Å²) < 4.78 is 0. The highest BCUT2D eigenvalue weighted by Crippen LogP contribution is 2.31. The molecule has 0 radical (unpaired) electrons. The number of anilines is 1. The van der Waals surface area contributed by atoms with E-state index in [9.17, 15) is 19.2 Å². The number of hydrogen-bond donors (Lipinski definition) is 1. The maximum Gasteiger partial charge on any atom is 0.321 e. The van der Waals surface area contributed by atoms with Crippen molar-refractivity contribution in [3.63, 3.8) is 0 Å². The second kappa shape index (κ2) is 7.83. The molecule has 1 aliphatic carbocycles. The van der Waals surface area contributed by atoms with Gasteiger partial charge in [0.25, 0.3) is 5.24 Å². The van der Waals surface area contributed by atoms with Crippen LogP contribution in [0.5, 0.6) is 0 Å². The number of imide groups is 1. The lowest BCUT2D eigenvalue weighted by molar-refractivity contribution is -0.134. The Morgan fingerprint density at radius 1 is 1.00 bits per heavy atom. The molecule has 1 N–H and O–H groups in total. The number of piperazine rings is 1. The molecule has 1 aromatic rings. The van der Waals surface area contributed by atoms with Crippen LogP contribution in [0.1, 0.15) is 18.4 Å². The third-order valence-electron chi connectivity index (χ3n) is 5.19. The number of amides is 5. The molecule has 4 rings (SSSR count). The standard InChI is InChI=1S/C19H22N4O4S/c24-16-12-28-19(27)23(16)11-13-1-5-15(6-2-13)20-18(26)22-9-7-21(8-10-22)17(25)14-3-4-14/h1-2,5-6,14H,3-4,7-12H2,(H,20,26). The van der Waals surface area contributed by atoms with Crippen LogP contribution in [-0.2, 0) is 16.1 Å². The fourth-order valence-electron chi connectivity index (χ4n) is 3.33. The fraction of sp³-hybridized carbons (Fsp3) is 0.474. The number of urea groups is 1. The minimum atomic E-state index is -0.221. The number of thioether (sulfide) groups is 1. The van der Waals surface area contributed by atoms with Gasteiger partial charge in [-0.05, 0) is 30.5 Å². The molecular formula is C19H22N4O4S. The van der Waals surface area contributed by atoms with E-state index >= 15 is 0 Å². The van der Waals surface area contributed by atoms with Gasteiger partial charge in [-0.3, -0.25) is 19.3 Å². The number of benzene rings is 1. The van der Waals surface area contributed by atoms with E-state index in [0.29, 0.717) is 31.9 Å².